The number of anilines is 1. The van der Waals surface area contributed by atoms with Crippen LogP contribution in [0.25, 0.3) is 0 Å². The van der Waals surface area contributed by atoms with Crippen molar-refractivity contribution in [2.45, 2.75) is 39.8 Å². The number of nitrogens with one attached hydrogen (secondary N) is 1. The first kappa shape index (κ1) is 12.2. The average Bonchev–Trinajstić information content (AvgIpc) is 2.18. The Morgan fingerprint density at radius 3 is 2.00 bits per heavy atom. The maximum atomic E-state index is 3.41. The summed E-state index contributed by atoms with van der Waals surface area (Å²) in [6.45, 7) is 8.89. The maximum absolute atomic E-state index is 3.41. The fraction of sp³-hybridized carbons (Fsp3) is 0.500. The molecule has 0 radical (unpaired) electrons. The van der Waals surface area contributed by atoms with Crippen LogP contribution in [0.1, 0.15) is 27.7 Å². The van der Waals surface area contributed by atoms with Gasteiger partial charge in [0.2, 0.25) is 0 Å². The second kappa shape index (κ2) is 5.87. The highest BCUT2D eigenvalue weighted by molar-refractivity contribution is 7.25. The van der Waals surface area contributed by atoms with Gasteiger partial charge in [0.1, 0.15) is 0 Å². The molecule has 2 nitrogen and oxygen atoms in total. The fourth-order valence-electron chi connectivity index (χ4n) is 1.46. The van der Waals surface area contributed by atoms with E-state index in [-0.39, 0.29) is 0 Å². The third-order valence-corrected chi connectivity index (χ3v) is 3.64. The summed E-state index contributed by atoms with van der Waals surface area (Å²) in [7, 11) is 1.16. The Kier molecular flexibility index (Phi) is 4.77. The lowest BCUT2D eigenvalue weighted by Gasteiger charge is -2.09. The van der Waals surface area contributed by atoms with Crippen LogP contribution in [-0.4, -0.2) is 16.4 Å². The number of nitrogens with zero attached hydrogens (tertiary/aromatic N) is 1. The van der Waals surface area contributed by atoms with Crippen LogP contribution in [0.2, 0.25) is 0 Å². The Balaban J connectivity index is 2.70. The first-order valence-corrected chi connectivity index (χ1v) is 6.26. The largest absolute Gasteiger partial charge is 0.340 e. The van der Waals surface area contributed by atoms with E-state index in [1.807, 2.05) is 18.2 Å². The monoisotopic (exact) mass is 223 g/mol. The Morgan fingerprint density at radius 2 is 1.53 bits per heavy atom. The number of benzene rings is 1. The molecule has 1 rings (SSSR count). The topological polar surface area (TPSA) is 15.0 Å². The Labute approximate surface area is 94.3 Å². The van der Waals surface area contributed by atoms with E-state index in [0.29, 0.717) is 12.1 Å². The molecule has 82 valence electrons. The molecule has 0 aliphatic heterocycles. The molecule has 3 heteroatoms. The van der Waals surface area contributed by atoms with Crippen LogP contribution in [-0.2, 0) is 0 Å². The molecule has 15 heavy (non-hydrogen) atoms. The van der Waals surface area contributed by atoms with Gasteiger partial charge in [-0.25, -0.2) is 0 Å². The van der Waals surface area contributed by atoms with Gasteiger partial charge in [0.15, 0.2) is 12.1 Å². The predicted octanol–water partition coefficient (Wildman–Crippen LogP) is 3.97. The molecule has 0 atom stereocenters. The smallest absolute Gasteiger partial charge is 0.285 e. The second-order valence-corrected chi connectivity index (χ2v) is 5.03. The van der Waals surface area contributed by atoms with E-state index in [1.54, 1.807) is 0 Å². The van der Waals surface area contributed by atoms with Crippen LogP contribution in [0, 0.1) is 0 Å². The highest BCUT2D eigenvalue weighted by Crippen LogP contribution is 2.14. The normalized spacial score (nSPS) is 11.1. The Morgan fingerprint density at radius 1 is 1.00 bits per heavy atom. The van der Waals surface area contributed by atoms with Crippen molar-refractivity contribution in [1.82, 2.24) is 0 Å². The van der Waals surface area contributed by atoms with E-state index in [9.17, 15) is 0 Å². The van der Waals surface area contributed by atoms with Crippen LogP contribution < -0.4 is 5.09 Å². The molecule has 0 fully saturated rings. The number of hydrogen-bond acceptors (Lipinski definition) is 0. The van der Waals surface area contributed by atoms with Crippen molar-refractivity contribution >= 4 is 14.2 Å². The van der Waals surface area contributed by atoms with Gasteiger partial charge in [0.25, 0.3) is 0 Å². The van der Waals surface area contributed by atoms with Crippen molar-refractivity contribution in [2.75, 3.05) is 5.09 Å². The summed E-state index contributed by atoms with van der Waals surface area (Å²) >= 11 is 0. The van der Waals surface area contributed by atoms with E-state index in [4.69, 9.17) is 0 Å². The van der Waals surface area contributed by atoms with Crippen LogP contribution in [0.15, 0.2) is 30.3 Å². The number of para-hydroxylation sites is 1. The van der Waals surface area contributed by atoms with E-state index >= 15 is 0 Å². The minimum Gasteiger partial charge on any atom is -0.285 e. The lowest BCUT2D eigenvalue weighted by molar-refractivity contribution is -0.565. The minimum absolute atomic E-state index is 0.558. The zero-order valence-corrected chi connectivity index (χ0v) is 10.8. The third-order valence-electron chi connectivity index (χ3n) is 2.13. The van der Waals surface area contributed by atoms with Crippen molar-refractivity contribution in [1.29, 1.82) is 0 Å². The summed E-state index contributed by atoms with van der Waals surface area (Å²) in [5.74, 6) is 0. The molecule has 1 aromatic rings. The molecule has 0 saturated carbocycles. The molecule has 0 aliphatic carbocycles. The van der Waals surface area contributed by atoms with Crippen molar-refractivity contribution in [3.63, 3.8) is 0 Å². The molecular weight excluding hydrogens is 203 g/mol. The Bertz CT molecular complexity index is 308. The minimum atomic E-state index is 0.558. The highest BCUT2D eigenvalue weighted by atomic mass is 31.1. The first-order chi connectivity index (χ1) is 7.11. The lowest BCUT2D eigenvalue weighted by Crippen LogP contribution is -2.24. The van der Waals surface area contributed by atoms with E-state index < -0.39 is 0 Å². The molecule has 0 saturated heterocycles. The van der Waals surface area contributed by atoms with Crippen LogP contribution in [0.3, 0.4) is 0 Å². The Hall–Kier alpha value is -0.880. The van der Waals surface area contributed by atoms with E-state index in [0.717, 1.165) is 8.52 Å². The summed E-state index contributed by atoms with van der Waals surface area (Å²) in [5, 5.41) is 3.41. The summed E-state index contributed by atoms with van der Waals surface area (Å²) in [6.07, 6.45) is 0. The van der Waals surface area contributed by atoms with Crippen molar-refractivity contribution in [3.8, 4) is 0 Å². The highest BCUT2D eigenvalue weighted by Gasteiger charge is 2.14. The van der Waals surface area contributed by atoms with Crippen molar-refractivity contribution in [2.24, 2.45) is 0 Å². The molecule has 0 aliphatic rings. The summed E-state index contributed by atoms with van der Waals surface area (Å²) in [5.41, 5.74) is 1.17. The summed E-state index contributed by atoms with van der Waals surface area (Å²) in [6, 6.07) is 11.4. The third kappa shape index (κ3) is 4.01. The number of hydrogen-bond donors (Lipinski definition) is 1. The van der Waals surface area contributed by atoms with Gasteiger partial charge in [0, 0.05) is 5.69 Å². The van der Waals surface area contributed by atoms with Gasteiger partial charge >= 0.3 is 8.52 Å². The van der Waals surface area contributed by atoms with E-state index in [2.05, 4.69) is 49.2 Å². The van der Waals surface area contributed by atoms with Crippen LogP contribution in [0.4, 0.5) is 5.69 Å². The summed E-state index contributed by atoms with van der Waals surface area (Å²) in [4.78, 5) is 0. The van der Waals surface area contributed by atoms with Crippen LogP contribution in [0.5, 0.6) is 0 Å². The molecular formula is C12H20N2P+. The standard InChI is InChI=1S/C12H19N2P/c1-10(2)14(11(3)4)15-13-12-8-6-5-7-9-12/h5-11H,1-4H3/p+1. The van der Waals surface area contributed by atoms with Crippen LogP contribution >= 0.6 is 8.52 Å². The van der Waals surface area contributed by atoms with Crippen molar-refractivity contribution in [3.05, 3.63) is 30.3 Å². The zero-order valence-electron chi connectivity index (χ0n) is 9.94. The van der Waals surface area contributed by atoms with Gasteiger partial charge in [-0.2, -0.15) is 4.33 Å². The lowest BCUT2D eigenvalue weighted by atomic mass is 10.3. The summed E-state index contributed by atoms with van der Waals surface area (Å²) < 4.78 is 2.40. The average molecular weight is 223 g/mol. The van der Waals surface area contributed by atoms with Gasteiger partial charge in [-0.3, -0.25) is 5.09 Å². The SMILES string of the molecule is CC(C)[N+](=PNc1ccccc1)C(C)C. The van der Waals surface area contributed by atoms with Gasteiger partial charge in [-0.05, 0) is 39.8 Å². The quantitative estimate of drug-likeness (QED) is 0.763. The molecule has 0 spiro atoms. The van der Waals surface area contributed by atoms with E-state index in [1.165, 1.54) is 5.69 Å². The molecule has 0 heterocycles. The molecule has 1 aromatic carbocycles. The predicted molar refractivity (Wildman–Crippen MR) is 67.5 cm³/mol. The van der Waals surface area contributed by atoms with Gasteiger partial charge in [-0.1, -0.05) is 18.2 Å². The maximum Gasteiger partial charge on any atom is 0.340 e. The van der Waals surface area contributed by atoms with Gasteiger partial charge < -0.3 is 0 Å². The number of rotatable bonds is 4. The molecule has 0 bridgehead atoms. The van der Waals surface area contributed by atoms with Crippen molar-refractivity contribution < 1.29 is 4.33 Å². The molecule has 0 aromatic heterocycles. The molecule has 1 N–H and O–H groups in total. The molecule has 0 unspecified atom stereocenters. The molecule has 0 amide bonds. The second-order valence-electron chi connectivity index (χ2n) is 4.15. The van der Waals surface area contributed by atoms with Gasteiger partial charge in [-0.15, -0.1) is 0 Å². The zero-order chi connectivity index (χ0) is 11.3. The first-order valence-electron chi connectivity index (χ1n) is 5.41. The van der Waals surface area contributed by atoms with Gasteiger partial charge in [0.05, 0.1) is 0 Å². The fourth-order valence-corrected chi connectivity index (χ4v) is 2.30.